The van der Waals surface area contributed by atoms with Gasteiger partial charge >= 0.3 is 12.0 Å². The Bertz CT molecular complexity index is 279. The molecule has 1 fully saturated rings. The van der Waals surface area contributed by atoms with E-state index < -0.39 is 18.0 Å². The lowest BCUT2D eigenvalue weighted by Gasteiger charge is -2.14. The lowest BCUT2D eigenvalue weighted by molar-refractivity contribution is -0.139. The van der Waals surface area contributed by atoms with Crippen molar-refractivity contribution < 1.29 is 19.4 Å². The first kappa shape index (κ1) is 14.8. The molecule has 0 aliphatic heterocycles. The normalized spacial score (nSPS) is 16.1. The summed E-state index contributed by atoms with van der Waals surface area (Å²) in [5.74, 6) is -0.295. The van der Waals surface area contributed by atoms with Crippen LogP contribution in [0.25, 0.3) is 0 Å². The zero-order valence-electron chi connectivity index (χ0n) is 10.8. The second-order valence-electron chi connectivity index (χ2n) is 4.60. The molecule has 104 valence electrons. The number of nitrogens with one attached hydrogen (secondary N) is 2. The van der Waals surface area contributed by atoms with Gasteiger partial charge in [0.25, 0.3) is 0 Å². The molecule has 1 aliphatic rings. The Morgan fingerprint density at radius 3 is 2.72 bits per heavy atom. The van der Waals surface area contributed by atoms with E-state index in [0.717, 1.165) is 6.61 Å². The van der Waals surface area contributed by atoms with Crippen LogP contribution >= 0.6 is 0 Å². The van der Waals surface area contributed by atoms with Crippen LogP contribution in [0.1, 0.15) is 32.6 Å². The third-order valence-electron chi connectivity index (χ3n) is 2.76. The molecule has 2 amide bonds. The van der Waals surface area contributed by atoms with Crippen molar-refractivity contribution in [2.75, 3.05) is 19.8 Å². The molecule has 6 nitrogen and oxygen atoms in total. The Kier molecular flexibility index (Phi) is 6.49. The van der Waals surface area contributed by atoms with Crippen LogP contribution in [-0.2, 0) is 9.53 Å². The van der Waals surface area contributed by atoms with Crippen LogP contribution < -0.4 is 10.6 Å². The van der Waals surface area contributed by atoms with Crippen molar-refractivity contribution in [1.29, 1.82) is 0 Å². The summed E-state index contributed by atoms with van der Waals surface area (Å²) in [6.45, 7) is 3.50. The van der Waals surface area contributed by atoms with Crippen LogP contribution in [-0.4, -0.2) is 42.9 Å². The summed E-state index contributed by atoms with van der Waals surface area (Å²) in [7, 11) is 0. The Morgan fingerprint density at radius 2 is 2.17 bits per heavy atom. The molecule has 18 heavy (non-hydrogen) atoms. The first-order valence-corrected chi connectivity index (χ1v) is 6.48. The molecule has 3 N–H and O–H groups in total. The average Bonchev–Trinajstić information content (AvgIpc) is 3.12. The van der Waals surface area contributed by atoms with Crippen molar-refractivity contribution in [2.24, 2.45) is 5.92 Å². The highest BCUT2D eigenvalue weighted by atomic mass is 16.5. The van der Waals surface area contributed by atoms with Crippen LogP contribution in [0.15, 0.2) is 0 Å². The van der Waals surface area contributed by atoms with Gasteiger partial charge in [0.05, 0.1) is 6.61 Å². The van der Waals surface area contributed by atoms with E-state index in [1.54, 1.807) is 0 Å². The van der Waals surface area contributed by atoms with E-state index in [2.05, 4.69) is 10.6 Å². The fraction of sp³-hybridized carbons (Fsp3) is 0.833. The molecular weight excluding hydrogens is 236 g/mol. The maximum absolute atomic E-state index is 11.4. The number of carboxylic acid groups (broad SMARTS) is 1. The van der Waals surface area contributed by atoms with E-state index in [0.29, 0.717) is 31.9 Å². The van der Waals surface area contributed by atoms with Gasteiger partial charge in [-0.15, -0.1) is 0 Å². The number of aliphatic carboxylic acids is 1. The number of carbonyl (C=O) groups excluding carboxylic acids is 1. The molecule has 0 heterocycles. The molecule has 1 atom stereocenters. The fourth-order valence-corrected chi connectivity index (χ4v) is 1.53. The minimum atomic E-state index is -1.00. The molecule has 0 spiro atoms. The Morgan fingerprint density at radius 1 is 1.44 bits per heavy atom. The minimum Gasteiger partial charge on any atom is -0.480 e. The number of ether oxygens (including phenoxy) is 1. The molecule has 1 saturated carbocycles. The van der Waals surface area contributed by atoms with Crippen molar-refractivity contribution >= 4 is 12.0 Å². The quantitative estimate of drug-likeness (QED) is 0.538. The van der Waals surface area contributed by atoms with Gasteiger partial charge < -0.3 is 20.5 Å². The number of hydrogen-bond acceptors (Lipinski definition) is 3. The van der Waals surface area contributed by atoms with Crippen LogP contribution in [0.2, 0.25) is 0 Å². The summed E-state index contributed by atoms with van der Waals surface area (Å²) in [4.78, 5) is 22.2. The zero-order chi connectivity index (χ0) is 13.4. The Labute approximate surface area is 107 Å². The van der Waals surface area contributed by atoms with E-state index in [4.69, 9.17) is 9.84 Å². The molecule has 0 bridgehead atoms. The summed E-state index contributed by atoms with van der Waals surface area (Å²) >= 11 is 0. The van der Waals surface area contributed by atoms with Crippen molar-refractivity contribution in [3.05, 3.63) is 0 Å². The maximum Gasteiger partial charge on any atom is 0.326 e. The Balaban J connectivity index is 2.04. The minimum absolute atomic E-state index is 0.400. The largest absolute Gasteiger partial charge is 0.480 e. The highest BCUT2D eigenvalue weighted by Gasteiger charge is 2.21. The number of hydrogen-bond donors (Lipinski definition) is 3. The van der Waals surface area contributed by atoms with Gasteiger partial charge in [0.1, 0.15) is 6.04 Å². The van der Waals surface area contributed by atoms with Gasteiger partial charge in [-0.2, -0.15) is 0 Å². The molecule has 0 aromatic heterocycles. The standard InChI is InChI=1S/C12H22N2O4/c1-2-3-10(11(15)16)14-12(17)13-6-7-18-8-9-4-5-9/h9-10H,2-8H2,1H3,(H,15,16)(H2,13,14,17). The molecule has 0 aromatic rings. The number of carboxylic acids is 1. The topological polar surface area (TPSA) is 87.7 Å². The van der Waals surface area contributed by atoms with E-state index in [-0.39, 0.29) is 0 Å². The average molecular weight is 258 g/mol. The van der Waals surface area contributed by atoms with Gasteiger partial charge in [0.2, 0.25) is 0 Å². The Hall–Kier alpha value is -1.30. The highest BCUT2D eigenvalue weighted by molar-refractivity contribution is 5.82. The first-order valence-electron chi connectivity index (χ1n) is 6.48. The second kappa shape index (κ2) is 7.92. The number of rotatable bonds is 9. The summed E-state index contributed by atoms with van der Waals surface area (Å²) < 4.78 is 5.35. The van der Waals surface area contributed by atoms with Crippen molar-refractivity contribution in [2.45, 2.75) is 38.6 Å². The van der Waals surface area contributed by atoms with Crippen LogP contribution in [0, 0.1) is 5.92 Å². The molecule has 6 heteroatoms. The monoisotopic (exact) mass is 258 g/mol. The SMILES string of the molecule is CCCC(NC(=O)NCCOCC1CC1)C(=O)O. The predicted octanol–water partition coefficient (Wildman–Crippen LogP) is 0.965. The zero-order valence-corrected chi connectivity index (χ0v) is 10.8. The number of carbonyl (C=O) groups is 2. The maximum atomic E-state index is 11.4. The van der Waals surface area contributed by atoms with E-state index in [1.807, 2.05) is 6.92 Å². The van der Waals surface area contributed by atoms with Gasteiger partial charge in [0.15, 0.2) is 0 Å². The third kappa shape index (κ3) is 6.44. The number of amides is 2. The fourth-order valence-electron chi connectivity index (χ4n) is 1.53. The smallest absolute Gasteiger partial charge is 0.326 e. The molecule has 1 aliphatic carbocycles. The van der Waals surface area contributed by atoms with Gasteiger partial charge in [-0.25, -0.2) is 9.59 Å². The van der Waals surface area contributed by atoms with E-state index in [1.165, 1.54) is 12.8 Å². The predicted molar refractivity (Wildman–Crippen MR) is 66.4 cm³/mol. The molecule has 1 unspecified atom stereocenters. The van der Waals surface area contributed by atoms with Gasteiger partial charge in [-0.3, -0.25) is 0 Å². The number of urea groups is 1. The molecule has 0 aromatic carbocycles. The van der Waals surface area contributed by atoms with Gasteiger partial charge in [0, 0.05) is 13.2 Å². The van der Waals surface area contributed by atoms with Gasteiger partial charge in [-0.1, -0.05) is 13.3 Å². The summed E-state index contributed by atoms with van der Waals surface area (Å²) in [5.41, 5.74) is 0. The lowest BCUT2D eigenvalue weighted by atomic mass is 10.2. The summed E-state index contributed by atoms with van der Waals surface area (Å²) in [5, 5.41) is 13.9. The summed E-state index contributed by atoms with van der Waals surface area (Å²) in [6.07, 6.45) is 3.62. The molecule has 1 rings (SSSR count). The highest BCUT2D eigenvalue weighted by Crippen LogP contribution is 2.28. The van der Waals surface area contributed by atoms with Crippen molar-refractivity contribution in [3.63, 3.8) is 0 Å². The van der Waals surface area contributed by atoms with Crippen LogP contribution in [0.4, 0.5) is 4.79 Å². The first-order chi connectivity index (χ1) is 8.63. The molecular formula is C12H22N2O4. The lowest BCUT2D eigenvalue weighted by Crippen LogP contribution is -2.46. The summed E-state index contributed by atoms with van der Waals surface area (Å²) in [6, 6.07) is -1.27. The van der Waals surface area contributed by atoms with Crippen molar-refractivity contribution in [3.8, 4) is 0 Å². The molecule has 0 saturated heterocycles. The second-order valence-corrected chi connectivity index (χ2v) is 4.60. The van der Waals surface area contributed by atoms with Crippen molar-refractivity contribution in [1.82, 2.24) is 10.6 Å². The van der Waals surface area contributed by atoms with E-state index >= 15 is 0 Å². The van der Waals surface area contributed by atoms with E-state index in [9.17, 15) is 9.59 Å². The van der Waals surface area contributed by atoms with Crippen LogP contribution in [0.5, 0.6) is 0 Å². The molecule has 0 radical (unpaired) electrons. The third-order valence-corrected chi connectivity index (χ3v) is 2.76. The van der Waals surface area contributed by atoms with Gasteiger partial charge in [-0.05, 0) is 25.2 Å². The van der Waals surface area contributed by atoms with Crippen LogP contribution in [0.3, 0.4) is 0 Å².